The summed E-state index contributed by atoms with van der Waals surface area (Å²) in [6.45, 7) is 6.45. The average Bonchev–Trinajstić information content (AvgIpc) is 2.42. The molecular weight excluding hydrogens is 282 g/mol. The SMILES string of the molecule is CN(C)CC(=O)N[C@H](c1ccc(C(=O)NO)cc1)C(C)(C)C. The molecular formula is C16H25N3O3. The molecule has 1 rings (SSSR count). The molecule has 6 heteroatoms. The van der Waals surface area contributed by atoms with E-state index in [2.05, 4.69) is 5.32 Å². The predicted octanol–water partition coefficient (Wildman–Crippen LogP) is 1.57. The van der Waals surface area contributed by atoms with Crippen molar-refractivity contribution in [1.82, 2.24) is 15.7 Å². The Morgan fingerprint density at radius 1 is 1.18 bits per heavy atom. The number of hydrogen-bond donors (Lipinski definition) is 3. The second-order valence-corrected chi connectivity index (χ2v) is 6.67. The van der Waals surface area contributed by atoms with Crippen LogP contribution in [0.3, 0.4) is 0 Å². The van der Waals surface area contributed by atoms with Crippen LogP contribution < -0.4 is 10.8 Å². The zero-order valence-corrected chi connectivity index (χ0v) is 13.8. The normalized spacial score (nSPS) is 12.9. The number of amides is 2. The molecule has 0 aliphatic heterocycles. The summed E-state index contributed by atoms with van der Waals surface area (Å²) in [6, 6.07) is 6.65. The van der Waals surface area contributed by atoms with E-state index in [-0.39, 0.29) is 17.4 Å². The van der Waals surface area contributed by atoms with Crippen molar-refractivity contribution < 1.29 is 14.8 Å². The van der Waals surface area contributed by atoms with E-state index in [4.69, 9.17) is 5.21 Å². The molecule has 1 aromatic rings. The second-order valence-electron chi connectivity index (χ2n) is 6.67. The maximum absolute atomic E-state index is 12.1. The van der Waals surface area contributed by atoms with Crippen LogP contribution in [-0.2, 0) is 4.79 Å². The molecule has 6 nitrogen and oxygen atoms in total. The monoisotopic (exact) mass is 307 g/mol. The third kappa shape index (κ3) is 5.13. The lowest BCUT2D eigenvalue weighted by atomic mass is 9.82. The Balaban J connectivity index is 2.98. The van der Waals surface area contributed by atoms with Crippen LogP contribution in [0.15, 0.2) is 24.3 Å². The zero-order valence-electron chi connectivity index (χ0n) is 13.8. The molecule has 122 valence electrons. The van der Waals surface area contributed by atoms with Gasteiger partial charge < -0.3 is 10.2 Å². The highest BCUT2D eigenvalue weighted by Crippen LogP contribution is 2.32. The smallest absolute Gasteiger partial charge is 0.274 e. The fraction of sp³-hybridized carbons (Fsp3) is 0.500. The largest absolute Gasteiger partial charge is 0.348 e. The molecule has 0 radical (unpaired) electrons. The van der Waals surface area contributed by atoms with E-state index in [0.717, 1.165) is 5.56 Å². The average molecular weight is 307 g/mol. The molecule has 0 saturated heterocycles. The van der Waals surface area contributed by atoms with Crippen molar-refractivity contribution in [2.75, 3.05) is 20.6 Å². The molecule has 3 N–H and O–H groups in total. The number of likely N-dealkylation sites (N-methyl/N-ethyl adjacent to an activating group) is 1. The van der Waals surface area contributed by atoms with Gasteiger partial charge >= 0.3 is 0 Å². The number of nitrogens with zero attached hydrogens (tertiary/aromatic N) is 1. The van der Waals surface area contributed by atoms with Crippen molar-refractivity contribution >= 4 is 11.8 Å². The first kappa shape index (κ1) is 18.1. The second kappa shape index (κ2) is 7.38. The quantitative estimate of drug-likeness (QED) is 0.570. The van der Waals surface area contributed by atoms with Crippen LogP contribution in [0.1, 0.15) is 42.7 Å². The van der Waals surface area contributed by atoms with Crippen molar-refractivity contribution in [3.8, 4) is 0 Å². The molecule has 0 aliphatic rings. The molecule has 0 spiro atoms. The number of nitrogens with one attached hydrogen (secondary N) is 2. The molecule has 1 aromatic carbocycles. The molecule has 0 aliphatic carbocycles. The number of carbonyl (C=O) groups excluding carboxylic acids is 2. The number of hydrogen-bond acceptors (Lipinski definition) is 4. The van der Waals surface area contributed by atoms with Crippen LogP contribution in [0.5, 0.6) is 0 Å². The fourth-order valence-corrected chi connectivity index (χ4v) is 2.19. The summed E-state index contributed by atoms with van der Waals surface area (Å²) in [6.07, 6.45) is 0. The Morgan fingerprint density at radius 3 is 2.14 bits per heavy atom. The predicted molar refractivity (Wildman–Crippen MR) is 84.6 cm³/mol. The van der Waals surface area contributed by atoms with E-state index in [1.165, 1.54) is 0 Å². The third-order valence-electron chi connectivity index (χ3n) is 3.24. The van der Waals surface area contributed by atoms with Gasteiger partial charge in [-0.15, -0.1) is 0 Å². The molecule has 0 unspecified atom stereocenters. The minimum absolute atomic E-state index is 0.0536. The molecule has 1 atom stereocenters. The van der Waals surface area contributed by atoms with E-state index >= 15 is 0 Å². The minimum Gasteiger partial charge on any atom is -0.348 e. The number of hydroxylamine groups is 1. The van der Waals surface area contributed by atoms with Crippen LogP contribution in [0, 0.1) is 5.41 Å². The molecule has 0 fully saturated rings. The fourth-order valence-electron chi connectivity index (χ4n) is 2.19. The van der Waals surface area contributed by atoms with Crippen LogP contribution in [0.2, 0.25) is 0 Å². The number of benzene rings is 1. The minimum atomic E-state index is -0.560. The van der Waals surface area contributed by atoms with Gasteiger partial charge in [0.2, 0.25) is 5.91 Å². The lowest BCUT2D eigenvalue weighted by molar-refractivity contribution is -0.123. The Hall–Kier alpha value is -1.92. The molecule has 0 aromatic heterocycles. The van der Waals surface area contributed by atoms with Gasteiger partial charge in [0.1, 0.15) is 0 Å². The van der Waals surface area contributed by atoms with Crippen LogP contribution in [0.4, 0.5) is 0 Å². The van der Waals surface area contributed by atoms with Crippen LogP contribution in [0.25, 0.3) is 0 Å². The number of rotatable bonds is 5. The maximum atomic E-state index is 12.1. The summed E-state index contributed by atoms with van der Waals surface area (Å²) in [7, 11) is 3.68. The van der Waals surface area contributed by atoms with Gasteiger partial charge in [0.25, 0.3) is 5.91 Å². The first-order valence-corrected chi connectivity index (χ1v) is 7.13. The summed E-state index contributed by atoms with van der Waals surface area (Å²) in [4.78, 5) is 25.2. The van der Waals surface area contributed by atoms with Gasteiger partial charge in [0.05, 0.1) is 12.6 Å². The first-order chi connectivity index (χ1) is 10.1. The summed E-state index contributed by atoms with van der Waals surface area (Å²) in [5.41, 5.74) is 2.69. The Bertz CT molecular complexity index is 518. The van der Waals surface area contributed by atoms with Crippen molar-refractivity contribution in [2.45, 2.75) is 26.8 Å². The van der Waals surface area contributed by atoms with Gasteiger partial charge in [-0.1, -0.05) is 32.9 Å². The van der Waals surface area contributed by atoms with Gasteiger partial charge in [0.15, 0.2) is 0 Å². The lowest BCUT2D eigenvalue weighted by Crippen LogP contribution is -2.40. The standard InChI is InChI=1S/C16H25N3O3/c1-16(2,3)14(17-13(20)10-19(4)5)11-6-8-12(9-7-11)15(21)18-22/h6-9,14,22H,10H2,1-5H3,(H,17,20)(H,18,21)/t14-/m1/s1. The first-order valence-electron chi connectivity index (χ1n) is 7.13. The van der Waals surface area contributed by atoms with Gasteiger partial charge in [-0.2, -0.15) is 0 Å². The van der Waals surface area contributed by atoms with Gasteiger partial charge in [-0.05, 0) is 37.2 Å². The zero-order chi connectivity index (χ0) is 16.9. The highest BCUT2D eigenvalue weighted by Gasteiger charge is 2.28. The molecule has 22 heavy (non-hydrogen) atoms. The van der Waals surface area contributed by atoms with Gasteiger partial charge in [0, 0.05) is 5.56 Å². The Kier molecular flexibility index (Phi) is 6.08. The van der Waals surface area contributed by atoms with Crippen molar-refractivity contribution in [2.24, 2.45) is 5.41 Å². The van der Waals surface area contributed by atoms with Crippen LogP contribution >= 0.6 is 0 Å². The summed E-state index contributed by atoms with van der Waals surface area (Å²) >= 11 is 0. The van der Waals surface area contributed by atoms with Crippen molar-refractivity contribution in [1.29, 1.82) is 0 Å². The third-order valence-corrected chi connectivity index (χ3v) is 3.24. The van der Waals surface area contributed by atoms with Crippen molar-refractivity contribution in [3.63, 3.8) is 0 Å². The molecule has 0 bridgehead atoms. The van der Waals surface area contributed by atoms with E-state index in [0.29, 0.717) is 12.1 Å². The van der Waals surface area contributed by atoms with Gasteiger partial charge in [-0.25, -0.2) is 5.48 Å². The lowest BCUT2D eigenvalue weighted by Gasteiger charge is -2.32. The highest BCUT2D eigenvalue weighted by molar-refractivity contribution is 5.93. The van der Waals surface area contributed by atoms with Gasteiger partial charge in [-0.3, -0.25) is 14.8 Å². The highest BCUT2D eigenvalue weighted by atomic mass is 16.5. The molecule has 0 saturated carbocycles. The van der Waals surface area contributed by atoms with Crippen LogP contribution in [-0.4, -0.2) is 42.6 Å². The summed E-state index contributed by atoms with van der Waals surface area (Å²) in [5.74, 6) is -0.613. The summed E-state index contributed by atoms with van der Waals surface area (Å²) in [5, 5.41) is 11.7. The van der Waals surface area contributed by atoms with E-state index in [1.807, 2.05) is 39.8 Å². The Labute approximate surface area is 131 Å². The Morgan fingerprint density at radius 2 is 1.73 bits per heavy atom. The van der Waals surface area contributed by atoms with Crippen molar-refractivity contribution in [3.05, 3.63) is 35.4 Å². The van der Waals surface area contributed by atoms with E-state index in [9.17, 15) is 9.59 Å². The molecule has 2 amide bonds. The maximum Gasteiger partial charge on any atom is 0.274 e. The summed E-state index contributed by atoms with van der Waals surface area (Å²) < 4.78 is 0. The molecule has 0 heterocycles. The number of carbonyl (C=O) groups is 2. The van der Waals surface area contributed by atoms with E-state index < -0.39 is 5.91 Å². The van der Waals surface area contributed by atoms with E-state index in [1.54, 1.807) is 29.7 Å². The topological polar surface area (TPSA) is 81.7 Å².